The molecule has 9 aromatic carbocycles. The van der Waals surface area contributed by atoms with Crippen LogP contribution < -0.4 is 4.90 Å². The van der Waals surface area contributed by atoms with E-state index in [0.717, 1.165) is 55.8 Å². The second-order valence-corrected chi connectivity index (χ2v) is 14.5. The van der Waals surface area contributed by atoms with Crippen molar-refractivity contribution < 1.29 is 4.42 Å². The lowest BCUT2D eigenvalue weighted by Gasteiger charge is -2.26. The van der Waals surface area contributed by atoms with Gasteiger partial charge in [-0.05, 0) is 106 Å². The van der Waals surface area contributed by atoms with E-state index in [-0.39, 0.29) is 0 Å². The second kappa shape index (κ2) is 13.6. The van der Waals surface area contributed by atoms with Crippen LogP contribution >= 0.6 is 0 Å². The molecule has 0 bridgehead atoms. The van der Waals surface area contributed by atoms with Gasteiger partial charge in [-0.2, -0.15) is 0 Å². The van der Waals surface area contributed by atoms with Crippen LogP contribution in [0.15, 0.2) is 223 Å². The molecule has 3 heteroatoms. The van der Waals surface area contributed by atoms with E-state index in [4.69, 9.17) is 4.42 Å². The standard InChI is InChI=1S/C54H36N2O/c1-2-13-42(14-3-1)55(45-15-10-12-41(36-45)46-19-11-23-53-54(46)49-18-6-9-22-52(49)57-53)43-32-28-39(29-33-43)37-24-26-38(27-25-37)40-30-34-44(35-31-40)56-50-20-7-4-16-47(50)48-17-5-8-21-51(48)56/h1-36H. The predicted octanol–water partition coefficient (Wildman–Crippen LogP) is 15.2. The molecular formula is C54H36N2O. The van der Waals surface area contributed by atoms with Gasteiger partial charge < -0.3 is 13.9 Å². The number of anilines is 3. The van der Waals surface area contributed by atoms with Gasteiger partial charge in [0.2, 0.25) is 0 Å². The van der Waals surface area contributed by atoms with Crippen LogP contribution in [0, 0.1) is 0 Å². The number of furan rings is 1. The molecule has 0 N–H and O–H groups in total. The smallest absolute Gasteiger partial charge is 0.136 e. The van der Waals surface area contributed by atoms with E-state index in [1.165, 1.54) is 44.1 Å². The van der Waals surface area contributed by atoms with Crippen LogP contribution in [0.1, 0.15) is 0 Å². The first kappa shape index (κ1) is 32.8. The summed E-state index contributed by atoms with van der Waals surface area (Å²) in [5.41, 5.74) is 15.7. The van der Waals surface area contributed by atoms with Gasteiger partial charge in [0.05, 0.1) is 11.0 Å². The summed E-state index contributed by atoms with van der Waals surface area (Å²) in [7, 11) is 0. The fraction of sp³-hybridized carbons (Fsp3) is 0. The number of rotatable bonds is 7. The molecule has 268 valence electrons. The highest BCUT2D eigenvalue weighted by atomic mass is 16.3. The highest BCUT2D eigenvalue weighted by molar-refractivity contribution is 6.12. The molecular weight excluding hydrogens is 693 g/mol. The molecule has 0 spiro atoms. The Morgan fingerprint density at radius 2 is 0.825 bits per heavy atom. The average molecular weight is 729 g/mol. The molecule has 0 aliphatic carbocycles. The zero-order chi connectivity index (χ0) is 37.7. The highest BCUT2D eigenvalue weighted by Crippen LogP contribution is 2.41. The molecule has 0 atom stereocenters. The molecule has 0 unspecified atom stereocenters. The van der Waals surface area contributed by atoms with E-state index in [2.05, 4.69) is 216 Å². The summed E-state index contributed by atoms with van der Waals surface area (Å²) in [5.74, 6) is 0. The fourth-order valence-electron chi connectivity index (χ4n) is 8.51. The Morgan fingerprint density at radius 3 is 1.49 bits per heavy atom. The van der Waals surface area contributed by atoms with Gasteiger partial charge in [-0.3, -0.25) is 0 Å². The lowest BCUT2D eigenvalue weighted by Crippen LogP contribution is -2.09. The number of para-hydroxylation sites is 4. The number of nitrogens with zero attached hydrogens (tertiary/aromatic N) is 2. The van der Waals surface area contributed by atoms with Crippen molar-refractivity contribution in [1.82, 2.24) is 4.57 Å². The zero-order valence-corrected chi connectivity index (χ0v) is 31.1. The first-order valence-corrected chi connectivity index (χ1v) is 19.4. The van der Waals surface area contributed by atoms with Crippen LogP contribution in [0.25, 0.3) is 82.8 Å². The van der Waals surface area contributed by atoms with E-state index in [1.54, 1.807) is 0 Å². The van der Waals surface area contributed by atoms with Gasteiger partial charge in [-0.25, -0.2) is 0 Å². The van der Waals surface area contributed by atoms with E-state index >= 15 is 0 Å². The SMILES string of the molecule is c1ccc(N(c2ccc(-c3ccc(-c4ccc(-n5c6ccccc6c6ccccc65)cc4)cc3)cc2)c2cccc(-c3cccc4oc5ccccc5c34)c2)cc1. The third kappa shape index (κ3) is 5.68. The Kier molecular flexibility index (Phi) is 7.82. The summed E-state index contributed by atoms with van der Waals surface area (Å²) in [6.45, 7) is 0. The molecule has 2 aromatic heterocycles. The normalized spacial score (nSPS) is 11.5. The van der Waals surface area contributed by atoms with Gasteiger partial charge in [0.15, 0.2) is 0 Å². The quantitative estimate of drug-likeness (QED) is 0.163. The average Bonchev–Trinajstić information content (AvgIpc) is 3.84. The summed E-state index contributed by atoms with van der Waals surface area (Å²) >= 11 is 0. The Bertz CT molecular complexity index is 3160. The minimum absolute atomic E-state index is 0.899. The lowest BCUT2D eigenvalue weighted by atomic mass is 9.98. The van der Waals surface area contributed by atoms with Crippen LogP contribution in [0.4, 0.5) is 17.1 Å². The molecule has 3 nitrogen and oxygen atoms in total. The van der Waals surface area contributed by atoms with Crippen molar-refractivity contribution in [2.24, 2.45) is 0 Å². The monoisotopic (exact) mass is 728 g/mol. The minimum Gasteiger partial charge on any atom is -0.456 e. The lowest BCUT2D eigenvalue weighted by molar-refractivity contribution is 0.669. The summed E-state index contributed by atoms with van der Waals surface area (Å²) in [6.07, 6.45) is 0. The first-order chi connectivity index (χ1) is 28.3. The molecule has 0 radical (unpaired) electrons. The van der Waals surface area contributed by atoms with E-state index < -0.39 is 0 Å². The van der Waals surface area contributed by atoms with Crippen LogP contribution in [0.5, 0.6) is 0 Å². The number of hydrogen-bond acceptors (Lipinski definition) is 2. The maximum atomic E-state index is 6.24. The molecule has 0 saturated carbocycles. The zero-order valence-electron chi connectivity index (χ0n) is 31.1. The molecule has 11 rings (SSSR count). The minimum atomic E-state index is 0.899. The molecule has 57 heavy (non-hydrogen) atoms. The Labute approximate surface area is 330 Å². The van der Waals surface area contributed by atoms with Gasteiger partial charge in [-0.15, -0.1) is 0 Å². The van der Waals surface area contributed by atoms with E-state index in [0.29, 0.717) is 0 Å². The van der Waals surface area contributed by atoms with Crippen molar-refractivity contribution in [3.05, 3.63) is 218 Å². The third-order valence-electron chi connectivity index (χ3n) is 11.2. The van der Waals surface area contributed by atoms with Gasteiger partial charge in [0.25, 0.3) is 0 Å². The number of aromatic nitrogens is 1. The predicted molar refractivity (Wildman–Crippen MR) is 239 cm³/mol. The molecule has 0 amide bonds. The molecule has 2 heterocycles. The maximum Gasteiger partial charge on any atom is 0.136 e. The number of fused-ring (bicyclic) bond motifs is 6. The Morgan fingerprint density at radius 1 is 0.333 bits per heavy atom. The summed E-state index contributed by atoms with van der Waals surface area (Å²) in [4.78, 5) is 2.33. The summed E-state index contributed by atoms with van der Waals surface area (Å²) in [6, 6.07) is 78.0. The van der Waals surface area contributed by atoms with E-state index in [9.17, 15) is 0 Å². The van der Waals surface area contributed by atoms with Gasteiger partial charge >= 0.3 is 0 Å². The molecule has 0 aliphatic heterocycles. The van der Waals surface area contributed by atoms with Crippen molar-refractivity contribution in [3.8, 4) is 39.1 Å². The second-order valence-electron chi connectivity index (χ2n) is 14.5. The highest BCUT2D eigenvalue weighted by Gasteiger charge is 2.17. The first-order valence-electron chi connectivity index (χ1n) is 19.4. The van der Waals surface area contributed by atoms with Gasteiger partial charge in [0.1, 0.15) is 11.2 Å². The summed E-state index contributed by atoms with van der Waals surface area (Å²) in [5, 5.41) is 4.82. The molecule has 0 saturated heterocycles. The van der Waals surface area contributed by atoms with E-state index in [1.807, 2.05) is 12.1 Å². The van der Waals surface area contributed by atoms with Crippen molar-refractivity contribution in [2.45, 2.75) is 0 Å². The third-order valence-corrected chi connectivity index (χ3v) is 11.2. The van der Waals surface area contributed by atoms with Crippen molar-refractivity contribution >= 4 is 60.8 Å². The van der Waals surface area contributed by atoms with Crippen molar-refractivity contribution in [1.29, 1.82) is 0 Å². The van der Waals surface area contributed by atoms with Crippen LogP contribution in [-0.4, -0.2) is 4.57 Å². The Balaban J connectivity index is 0.892. The Hall–Kier alpha value is -7.62. The molecule has 11 aromatic rings. The number of hydrogen-bond donors (Lipinski definition) is 0. The fourth-order valence-corrected chi connectivity index (χ4v) is 8.51. The van der Waals surface area contributed by atoms with Crippen molar-refractivity contribution in [2.75, 3.05) is 4.90 Å². The van der Waals surface area contributed by atoms with Crippen LogP contribution in [0.3, 0.4) is 0 Å². The van der Waals surface area contributed by atoms with Crippen LogP contribution in [-0.2, 0) is 0 Å². The van der Waals surface area contributed by atoms with Gasteiger partial charge in [0, 0.05) is 44.3 Å². The molecule has 0 fully saturated rings. The maximum absolute atomic E-state index is 6.24. The van der Waals surface area contributed by atoms with Crippen molar-refractivity contribution in [3.63, 3.8) is 0 Å². The summed E-state index contributed by atoms with van der Waals surface area (Å²) < 4.78 is 8.60. The van der Waals surface area contributed by atoms with Gasteiger partial charge in [-0.1, -0.05) is 146 Å². The molecule has 0 aliphatic rings. The largest absolute Gasteiger partial charge is 0.456 e. The topological polar surface area (TPSA) is 21.3 Å². The number of benzene rings is 9. The van der Waals surface area contributed by atoms with Crippen LogP contribution in [0.2, 0.25) is 0 Å².